The summed E-state index contributed by atoms with van der Waals surface area (Å²) in [6.07, 6.45) is 1.09. The van der Waals surface area contributed by atoms with Crippen molar-refractivity contribution < 1.29 is 38.1 Å². The summed E-state index contributed by atoms with van der Waals surface area (Å²) in [5.41, 5.74) is 0.459. The second-order valence-corrected chi connectivity index (χ2v) is 7.83. The molecule has 9 nitrogen and oxygen atoms in total. The van der Waals surface area contributed by atoms with Gasteiger partial charge in [0.1, 0.15) is 6.54 Å². The molecule has 0 radical (unpaired) electrons. The molecule has 0 atom stereocenters. The van der Waals surface area contributed by atoms with E-state index in [1.807, 2.05) is 0 Å². The Morgan fingerprint density at radius 2 is 1.94 bits per heavy atom. The molecule has 0 unspecified atom stereocenters. The summed E-state index contributed by atoms with van der Waals surface area (Å²) in [7, 11) is 1.39. The molecule has 1 aromatic rings. The van der Waals surface area contributed by atoms with Crippen LogP contribution >= 0.6 is 23.4 Å². The summed E-state index contributed by atoms with van der Waals surface area (Å²) in [6.45, 7) is 4.41. The Kier molecular flexibility index (Phi) is 8.76. The van der Waals surface area contributed by atoms with Crippen LogP contribution in [0.3, 0.4) is 0 Å². The van der Waals surface area contributed by atoms with E-state index in [1.54, 1.807) is 20.8 Å². The van der Waals surface area contributed by atoms with Gasteiger partial charge in [0.25, 0.3) is 11.1 Å². The molecule has 1 aliphatic heterocycles. The molecule has 0 bridgehead atoms. The van der Waals surface area contributed by atoms with Gasteiger partial charge in [-0.1, -0.05) is 11.6 Å². The van der Waals surface area contributed by atoms with E-state index in [4.69, 9.17) is 30.5 Å². The molecule has 0 N–H and O–H groups in total. The highest BCUT2D eigenvalue weighted by molar-refractivity contribution is 8.18. The third-order valence-electron chi connectivity index (χ3n) is 3.72. The van der Waals surface area contributed by atoms with Crippen molar-refractivity contribution in [2.75, 3.05) is 26.9 Å². The molecule has 0 aliphatic carbocycles. The van der Waals surface area contributed by atoms with Crippen LogP contribution in [0.15, 0.2) is 17.0 Å². The van der Waals surface area contributed by atoms with Crippen molar-refractivity contribution in [3.8, 4) is 11.5 Å². The van der Waals surface area contributed by atoms with Gasteiger partial charge in [-0.3, -0.25) is 19.3 Å². The van der Waals surface area contributed by atoms with Gasteiger partial charge in [0.15, 0.2) is 18.1 Å². The van der Waals surface area contributed by atoms with Gasteiger partial charge in [-0.2, -0.15) is 0 Å². The molecule has 0 saturated carbocycles. The largest absolute Gasteiger partial charge is 0.493 e. The maximum atomic E-state index is 12.6. The van der Waals surface area contributed by atoms with E-state index in [-0.39, 0.29) is 40.7 Å². The molecule has 168 valence electrons. The molecule has 1 saturated heterocycles. The van der Waals surface area contributed by atoms with Crippen molar-refractivity contribution in [2.24, 2.45) is 0 Å². The van der Waals surface area contributed by atoms with Gasteiger partial charge in [-0.05, 0) is 56.3 Å². The number of carbonyl (C=O) groups excluding carboxylic acids is 4. The fourth-order valence-corrected chi connectivity index (χ4v) is 3.63. The van der Waals surface area contributed by atoms with Crippen LogP contribution in [0, 0.1) is 0 Å². The number of nitrogens with zero attached hydrogens (tertiary/aromatic N) is 1. The van der Waals surface area contributed by atoms with Gasteiger partial charge >= 0.3 is 11.9 Å². The number of esters is 2. The van der Waals surface area contributed by atoms with Crippen molar-refractivity contribution in [1.82, 2.24) is 4.90 Å². The van der Waals surface area contributed by atoms with Crippen molar-refractivity contribution in [1.29, 1.82) is 0 Å². The zero-order chi connectivity index (χ0) is 23.1. The fraction of sp³-hybridized carbons (Fsp3) is 0.400. The second-order valence-electron chi connectivity index (χ2n) is 6.43. The number of thioether (sulfide) groups is 1. The maximum absolute atomic E-state index is 12.6. The number of methoxy groups -OCH3 is 1. The Morgan fingerprint density at radius 1 is 1.23 bits per heavy atom. The van der Waals surface area contributed by atoms with Crippen LogP contribution in [0.5, 0.6) is 11.5 Å². The molecule has 1 heterocycles. The summed E-state index contributed by atoms with van der Waals surface area (Å²) in [5, 5.41) is -0.445. The molecule has 0 spiro atoms. The van der Waals surface area contributed by atoms with Crippen molar-refractivity contribution >= 4 is 52.5 Å². The summed E-state index contributed by atoms with van der Waals surface area (Å²) in [4.78, 5) is 49.0. The second kappa shape index (κ2) is 11.1. The zero-order valence-corrected chi connectivity index (χ0v) is 19.0. The number of hydrogen-bond acceptors (Lipinski definition) is 9. The minimum atomic E-state index is -0.675. The Bertz CT molecular complexity index is 915. The number of hydrogen-bond donors (Lipinski definition) is 0. The highest BCUT2D eigenvalue weighted by Crippen LogP contribution is 2.39. The molecule has 11 heteroatoms. The van der Waals surface area contributed by atoms with E-state index in [2.05, 4.69) is 0 Å². The molecule has 1 aromatic carbocycles. The number of ether oxygens (including phenoxy) is 4. The monoisotopic (exact) mass is 471 g/mol. The highest BCUT2D eigenvalue weighted by Gasteiger charge is 2.36. The van der Waals surface area contributed by atoms with Crippen LogP contribution in [0.1, 0.15) is 26.3 Å². The summed E-state index contributed by atoms with van der Waals surface area (Å²) < 4.78 is 20.4. The minimum absolute atomic E-state index is 0.112. The van der Waals surface area contributed by atoms with Gasteiger partial charge in [0.2, 0.25) is 0 Å². The molecule has 1 aliphatic rings. The fourth-order valence-electron chi connectivity index (χ4n) is 2.51. The van der Waals surface area contributed by atoms with Crippen LogP contribution in [-0.4, -0.2) is 61.0 Å². The Labute approximate surface area is 188 Å². The number of imide groups is 1. The molecule has 2 rings (SSSR count). The molecule has 2 amide bonds. The Morgan fingerprint density at radius 3 is 2.55 bits per heavy atom. The smallest absolute Gasteiger partial charge is 0.344 e. The van der Waals surface area contributed by atoms with E-state index < -0.39 is 29.6 Å². The topological polar surface area (TPSA) is 108 Å². The molecule has 31 heavy (non-hydrogen) atoms. The van der Waals surface area contributed by atoms with E-state index in [0.717, 1.165) is 4.90 Å². The lowest BCUT2D eigenvalue weighted by Crippen LogP contribution is -2.35. The SMILES string of the molecule is CCOC(=O)COc1c(Cl)cc(/C=C2/SC(=O)N(CC(=O)OC(C)C)C2=O)cc1OC. The van der Waals surface area contributed by atoms with Crippen molar-refractivity contribution in [2.45, 2.75) is 26.9 Å². The van der Waals surface area contributed by atoms with Crippen LogP contribution in [0.4, 0.5) is 4.79 Å². The van der Waals surface area contributed by atoms with Crippen LogP contribution < -0.4 is 9.47 Å². The summed E-state index contributed by atoms with van der Waals surface area (Å²) in [5.74, 6) is -1.49. The first-order valence-electron chi connectivity index (χ1n) is 9.27. The molecular weight excluding hydrogens is 450 g/mol. The Hall–Kier alpha value is -2.72. The number of benzene rings is 1. The average molecular weight is 472 g/mol. The number of amides is 2. The van der Waals surface area contributed by atoms with Gasteiger partial charge in [0, 0.05) is 0 Å². The lowest BCUT2D eigenvalue weighted by molar-refractivity contribution is -0.149. The van der Waals surface area contributed by atoms with Crippen LogP contribution in [-0.2, 0) is 23.9 Å². The standard InChI is InChI=1S/C20H22ClNO8S/c1-5-28-17(24)10-29-18-13(21)6-12(7-14(18)27-4)8-15-19(25)22(20(26)31-15)9-16(23)30-11(2)3/h6-8,11H,5,9-10H2,1-4H3/b15-8+. The Balaban J connectivity index is 2.20. The van der Waals surface area contributed by atoms with E-state index in [1.165, 1.54) is 25.3 Å². The number of rotatable bonds is 9. The normalized spacial score (nSPS) is 14.9. The first kappa shape index (κ1) is 24.5. The van der Waals surface area contributed by atoms with Gasteiger partial charge in [0.05, 0.1) is 29.7 Å². The van der Waals surface area contributed by atoms with Crippen LogP contribution in [0.25, 0.3) is 6.08 Å². The van der Waals surface area contributed by atoms with E-state index in [9.17, 15) is 19.2 Å². The van der Waals surface area contributed by atoms with Crippen molar-refractivity contribution in [3.63, 3.8) is 0 Å². The first-order chi connectivity index (χ1) is 14.7. The van der Waals surface area contributed by atoms with Gasteiger partial charge in [-0.25, -0.2) is 4.79 Å². The van der Waals surface area contributed by atoms with Gasteiger partial charge in [-0.15, -0.1) is 0 Å². The minimum Gasteiger partial charge on any atom is -0.493 e. The predicted octanol–water partition coefficient (Wildman–Crippen LogP) is 3.28. The van der Waals surface area contributed by atoms with Crippen LogP contribution in [0.2, 0.25) is 5.02 Å². The lowest BCUT2D eigenvalue weighted by Gasteiger charge is -2.13. The van der Waals surface area contributed by atoms with Gasteiger partial charge < -0.3 is 18.9 Å². The number of halogens is 1. The predicted molar refractivity (Wildman–Crippen MR) is 114 cm³/mol. The molecular formula is C20H22ClNO8S. The lowest BCUT2D eigenvalue weighted by atomic mass is 10.1. The number of carbonyl (C=O) groups is 4. The quantitative estimate of drug-likeness (QED) is 0.396. The summed E-state index contributed by atoms with van der Waals surface area (Å²) in [6, 6.07) is 3.03. The van der Waals surface area contributed by atoms with Crippen molar-refractivity contribution in [3.05, 3.63) is 27.6 Å². The first-order valence-corrected chi connectivity index (χ1v) is 10.5. The summed E-state index contributed by atoms with van der Waals surface area (Å²) >= 11 is 6.95. The average Bonchev–Trinajstić information content (AvgIpc) is 2.93. The van der Waals surface area contributed by atoms with E-state index in [0.29, 0.717) is 17.3 Å². The highest BCUT2D eigenvalue weighted by atomic mass is 35.5. The van der Waals surface area contributed by atoms with E-state index >= 15 is 0 Å². The maximum Gasteiger partial charge on any atom is 0.344 e. The third kappa shape index (κ3) is 6.63. The molecule has 1 fully saturated rings. The zero-order valence-electron chi connectivity index (χ0n) is 17.4. The molecule has 0 aromatic heterocycles. The third-order valence-corrected chi connectivity index (χ3v) is 4.91.